The monoisotopic (exact) mass is 293 g/mol. The Morgan fingerprint density at radius 2 is 2.05 bits per heavy atom. The Morgan fingerprint density at radius 1 is 1.33 bits per heavy atom. The van der Waals surface area contributed by atoms with Crippen LogP contribution in [-0.4, -0.2) is 66.9 Å². The molecule has 5 nitrogen and oxygen atoms in total. The van der Waals surface area contributed by atoms with E-state index in [4.69, 9.17) is 10.5 Å². The molecule has 5 heteroatoms. The fourth-order valence-corrected chi connectivity index (χ4v) is 2.55. The average molecular weight is 293 g/mol. The van der Waals surface area contributed by atoms with Crippen LogP contribution < -0.4 is 10.5 Å². The fraction of sp³-hybridized carbons (Fsp3) is 0.625. The molecule has 0 aliphatic carbocycles. The Bertz CT molecular complexity index is 424. The smallest absolute Gasteiger partial charge is 0.119 e. The van der Waals surface area contributed by atoms with Gasteiger partial charge < -0.3 is 20.5 Å². The molecule has 2 unspecified atom stereocenters. The maximum Gasteiger partial charge on any atom is 0.119 e. The summed E-state index contributed by atoms with van der Waals surface area (Å²) in [5, 5.41) is 10.1. The van der Waals surface area contributed by atoms with Gasteiger partial charge in [0.05, 0.1) is 0 Å². The van der Waals surface area contributed by atoms with Gasteiger partial charge in [-0.25, -0.2) is 0 Å². The Balaban J connectivity index is 1.72. The van der Waals surface area contributed by atoms with Crippen molar-refractivity contribution in [1.82, 2.24) is 9.80 Å². The molecule has 1 fully saturated rings. The standard InChI is InChI=1S/C16H27N3O2/c1-13-10-19(8-7-18(13)2)11-15(20)12-21-16-5-3-14(9-17)4-6-16/h3-6,13,15,20H,7-12,17H2,1-2H3. The van der Waals surface area contributed by atoms with Crippen LogP contribution in [0.25, 0.3) is 0 Å². The zero-order chi connectivity index (χ0) is 15.2. The van der Waals surface area contributed by atoms with Crippen molar-refractivity contribution >= 4 is 0 Å². The summed E-state index contributed by atoms with van der Waals surface area (Å²) < 4.78 is 5.63. The van der Waals surface area contributed by atoms with Crippen molar-refractivity contribution in [3.63, 3.8) is 0 Å². The van der Waals surface area contributed by atoms with E-state index >= 15 is 0 Å². The molecule has 2 atom stereocenters. The summed E-state index contributed by atoms with van der Waals surface area (Å²) in [6.45, 7) is 6.79. The normalized spacial score (nSPS) is 22.2. The van der Waals surface area contributed by atoms with Gasteiger partial charge >= 0.3 is 0 Å². The van der Waals surface area contributed by atoms with E-state index in [0.29, 0.717) is 25.7 Å². The zero-order valence-electron chi connectivity index (χ0n) is 13.0. The van der Waals surface area contributed by atoms with Gasteiger partial charge in [0, 0.05) is 38.8 Å². The third-order valence-corrected chi connectivity index (χ3v) is 4.11. The topological polar surface area (TPSA) is 62.0 Å². The van der Waals surface area contributed by atoms with Gasteiger partial charge in [-0.05, 0) is 31.7 Å². The molecule has 1 aromatic carbocycles. The first-order valence-electron chi connectivity index (χ1n) is 7.61. The van der Waals surface area contributed by atoms with E-state index in [1.54, 1.807) is 0 Å². The molecule has 0 spiro atoms. The van der Waals surface area contributed by atoms with Crippen molar-refractivity contribution in [2.24, 2.45) is 5.73 Å². The minimum absolute atomic E-state index is 0.322. The van der Waals surface area contributed by atoms with Crippen LogP contribution in [0.3, 0.4) is 0 Å². The number of benzene rings is 1. The van der Waals surface area contributed by atoms with Gasteiger partial charge in [0.25, 0.3) is 0 Å². The molecule has 0 radical (unpaired) electrons. The number of hydrogen-bond donors (Lipinski definition) is 2. The van der Waals surface area contributed by atoms with E-state index in [0.717, 1.165) is 30.9 Å². The molecule has 0 aromatic heterocycles. The van der Waals surface area contributed by atoms with Gasteiger partial charge in [0.2, 0.25) is 0 Å². The first kappa shape index (κ1) is 16.2. The summed E-state index contributed by atoms with van der Waals surface area (Å²) in [5.41, 5.74) is 6.64. The quantitative estimate of drug-likeness (QED) is 0.801. The highest BCUT2D eigenvalue weighted by Crippen LogP contribution is 2.13. The van der Waals surface area contributed by atoms with E-state index in [1.165, 1.54) is 0 Å². The minimum atomic E-state index is -0.463. The van der Waals surface area contributed by atoms with Gasteiger partial charge in [-0.3, -0.25) is 4.90 Å². The third-order valence-electron chi connectivity index (χ3n) is 4.11. The van der Waals surface area contributed by atoms with Gasteiger partial charge in [-0.1, -0.05) is 12.1 Å². The second kappa shape index (κ2) is 7.75. The first-order chi connectivity index (χ1) is 10.1. The van der Waals surface area contributed by atoms with E-state index < -0.39 is 6.10 Å². The zero-order valence-corrected chi connectivity index (χ0v) is 13.0. The molecule has 2 rings (SSSR count). The first-order valence-corrected chi connectivity index (χ1v) is 7.61. The Labute approximate surface area is 127 Å². The van der Waals surface area contributed by atoms with Crippen molar-refractivity contribution in [2.75, 3.05) is 39.8 Å². The molecule has 1 saturated heterocycles. The number of nitrogens with two attached hydrogens (primary N) is 1. The molecule has 0 amide bonds. The number of aliphatic hydroxyl groups excluding tert-OH is 1. The number of nitrogens with zero attached hydrogens (tertiary/aromatic N) is 2. The van der Waals surface area contributed by atoms with Gasteiger partial charge in [0.15, 0.2) is 0 Å². The summed E-state index contributed by atoms with van der Waals surface area (Å²) in [7, 11) is 2.15. The molecule has 1 aliphatic rings. The summed E-state index contributed by atoms with van der Waals surface area (Å²) in [6.07, 6.45) is -0.463. The number of β-amino-alcohol motifs (C(OH)–C–C–N with tert-alkyl or cyclic N) is 1. The maximum atomic E-state index is 10.1. The predicted molar refractivity (Wildman–Crippen MR) is 84.4 cm³/mol. The highest BCUT2D eigenvalue weighted by molar-refractivity contribution is 5.27. The highest BCUT2D eigenvalue weighted by atomic mass is 16.5. The van der Waals surface area contributed by atoms with Crippen LogP contribution in [0.15, 0.2) is 24.3 Å². The number of hydrogen-bond acceptors (Lipinski definition) is 5. The lowest BCUT2D eigenvalue weighted by Gasteiger charge is -2.38. The van der Waals surface area contributed by atoms with E-state index in [2.05, 4.69) is 23.8 Å². The van der Waals surface area contributed by atoms with Crippen molar-refractivity contribution in [1.29, 1.82) is 0 Å². The number of aliphatic hydroxyl groups is 1. The van der Waals surface area contributed by atoms with Crippen molar-refractivity contribution in [3.05, 3.63) is 29.8 Å². The Kier molecular flexibility index (Phi) is 5.99. The number of rotatable bonds is 6. The lowest BCUT2D eigenvalue weighted by atomic mass is 10.2. The number of piperazine rings is 1. The molecule has 3 N–H and O–H groups in total. The van der Waals surface area contributed by atoms with Crippen molar-refractivity contribution < 1.29 is 9.84 Å². The molecule has 118 valence electrons. The summed E-state index contributed by atoms with van der Waals surface area (Å²) >= 11 is 0. The lowest BCUT2D eigenvalue weighted by Crippen LogP contribution is -2.52. The van der Waals surface area contributed by atoms with Crippen LogP contribution in [0.1, 0.15) is 12.5 Å². The van der Waals surface area contributed by atoms with Crippen molar-refractivity contribution in [3.8, 4) is 5.75 Å². The van der Waals surface area contributed by atoms with Crippen LogP contribution in [0.4, 0.5) is 0 Å². The van der Waals surface area contributed by atoms with Crippen LogP contribution in [0.2, 0.25) is 0 Å². The number of likely N-dealkylation sites (N-methyl/N-ethyl adjacent to an activating group) is 1. The lowest BCUT2D eigenvalue weighted by molar-refractivity contribution is 0.0356. The summed E-state index contributed by atoms with van der Waals surface area (Å²) in [4.78, 5) is 4.65. The van der Waals surface area contributed by atoms with Crippen LogP contribution in [0, 0.1) is 0 Å². The minimum Gasteiger partial charge on any atom is -0.491 e. The van der Waals surface area contributed by atoms with Crippen LogP contribution >= 0.6 is 0 Å². The molecule has 1 heterocycles. The molecular weight excluding hydrogens is 266 g/mol. The average Bonchev–Trinajstić information content (AvgIpc) is 2.49. The Morgan fingerprint density at radius 3 is 2.67 bits per heavy atom. The Hall–Kier alpha value is -1.14. The van der Waals surface area contributed by atoms with E-state index in [9.17, 15) is 5.11 Å². The van der Waals surface area contributed by atoms with Crippen LogP contribution in [0.5, 0.6) is 5.75 Å². The second-order valence-corrected chi connectivity index (χ2v) is 5.90. The van der Waals surface area contributed by atoms with Gasteiger partial charge in [0.1, 0.15) is 18.5 Å². The molecule has 0 bridgehead atoms. The molecule has 0 saturated carbocycles. The van der Waals surface area contributed by atoms with Crippen LogP contribution in [-0.2, 0) is 6.54 Å². The largest absolute Gasteiger partial charge is 0.491 e. The van der Waals surface area contributed by atoms with E-state index in [-0.39, 0.29) is 0 Å². The number of ether oxygens (including phenoxy) is 1. The maximum absolute atomic E-state index is 10.1. The third kappa shape index (κ3) is 4.97. The molecule has 1 aliphatic heterocycles. The molecule has 21 heavy (non-hydrogen) atoms. The second-order valence-electron chi connectivity index (χ2n) is 5.90. The molecular formula is C16H27N3O2. The summed E-state index contributed by atoms with van der Waals surface area (Å²) in [6, 6.07) is 8.23. The predicted octanol–water partition coefficient (Wildman–Crippen LogP) is 0.521. The van der Waals surface area contributed by atoms with E-state index in [1.807, 2.05) is 24.3 Å². The van der Waals surface area contributed by atoms with Gasteiger partial charge in [-0.15, -0.1) is 0 Å². The SMILES string of the molecule is CC1CN(CC(O)COc2ccc(CN)cc2)CCN1C. The summed E-state index contributed by atoms with van der Waals surface area (Å²) in [5.74, 6) is 0.776. The van der Waals surface area contributed by atoms with Gasteiger partial charge in [-0.2, -0.15) is 0 Å². The molecule has 1 aromatic rings. The van der Waals surface area contributed by atoms with Crippen molar-refractivity contribution in [2.45, 2.75) is 25.6 Å². The fourth-order valence-electron chi connectivity index (χ4n) is 2.55. The highest BCUT2D eigenvalue weighted by Gasteiger charge is 2.22.